The molecule has 1 aromatic rings. The van der Waals surface area contributed by atoms with Gasteiger partial charge in [-0.05, 0) is 12.5 Å². The summed E-state index contributed by atoms with van der Waals surface area (Å²) in [6.45, 7) is 1.23. The van der Waals surface area contributed by atoms with Crippen LogP contribution in [-0.2, 0) is 11.2 Å². The zero-order valence-corrected chi connectivity index (χ0v) is 9.12. The molecule has 1 atom stereocenters. The van der Waals surface area contributed by atoms with E-state index in [1.807, 2.05) is 0 Å². The summed E-state index contributed by atoms with van der Waals surface area (Å²) < 4.78 is 27.0. The van der Waals surface area contributed by atoms with Crippen molar-refractivity contribution in [3.8, 4) is 0 Å². The van der Waals surface area contributed by atoms with Gasteiger partial charge in [0, 0.05) is 12.8 Å². The van der Waals surface area contributed by atoms with Gasteiger partial charge < -0.3 is 5.73 Å². The fourth-order valence-corrected chi connectivity index (χ4v) is 1.43. The Bertz CT molecular complexity index is 351. The summed E-state index contributed by atoms with van der Waals surface area (Å²) in [5, 5.41) is 0. The largest absolute Gasteiger partial charge is 0.321 e. The molecule has 0 saturated heterocycles. The highest BCUT2D eigenvalue weighted by molar-refractivity contribution is 5.81. The van der Waals surface area contributed by atoms with Crippen LogP contribution in [0, 0.1) is 0 Å². The topological polar surface area (TPSA) is 43.1 Å². The molecular formula is C12H15F2NO. The van der Waals surface area contributed by atoms with Crippen molar-refractivity contribution in [3.05, 3.63) is 35.9 Å². The second-order valence-electron chi connectivity index (χ2n) is 3.94. The van der Waals surface area contributed by atoms with Crippen molar-refractivity contribution in [2.24, 2.45) is 5.73 Å². The summed E-state index contributed by atoms with van der Waals surface area (Å²) in [7, 11) is 0. The fourth-order valence-electron chi connectivity index (χ4n) is 1.43. The first-order chi connectivity index (χ1) is 7.41. The minimum atomic E-state index is -2.94. The van der Waals surface area contributed by atoms with E-state index in [-0.39, 0.29) is 6.42 Å². The number of alkyl halides is 2. The monoisotopic (exact) mass is 227 g/mol. The van der Waals surface area contributed by atoms with E-state index in [1.165, 1.54) is 6.92 Å². The standard InChI is InChI=1S/C12H15F2NO/c1-9(16)11(15)8-12(13,14)7-10-5-3-2-4-6-10/h2-6,11H,7-8,15H2,1H3. The van der Waals surface area contributed by atoms with Gasteiger partial charge in [-0.2, -0.15) is 0 Å². The van der Waals surface area contributed by atoms with Crippen LogP contribution >= 0.6 is 0 Å². The van der Waals surface area contributed by atoms with E-state index in [0.29, 0.717) is 5.56 Å². The van der Waals surface area contributed by atoms with Gasteiger partial charge in [0.05, 0.1) is 6.04 Å². The Balaban J connectivity index is 2.61. The Morgan fingerprint density at radius 2 is 1.94 bits per heavy atom. The normalized spacial score (nSPS) is 13.5. The predicted molar refractivity (Wildman–Crippen MR) is 58.4 cm³/mol. The number of carbonyl (C=O) groups excluding carboxylic acids is 1. The van der Waals surface area contributed by atoms with Gasteiger partial charge in [0.15, 0.2) is 0 Å². The first-order valence-corrected chi connectivity index (χ1v) is 5.08. The van der Waals surface area contributed by atoms with E-state index in [1.54, 1.807) is 30.3 Å². The van der Waals surface area contributed by atoms with E-state index >= 15 is 0 Å². The molecule has 1 rings (SSSR count). The van der Waals surface area contributed by atoms with E-state index in [9.17, 15) is 13.6 Å². The second-order valence-corrected chi connectivity index (χ2v) is 3.94. The molecule has 2 nitrogen and oxygen atoms in total. The third kappa shape index (κ3) is 4.06. The van der Waals surface area contributed by atoms with Crippen molar-refractivity contribution < 1.29 is 13.6 Å². The van der Waals surface area contributed by atoms with Crippen LogP contribution in [0.4, 0.5) is 8.78 Å². The zero-order chi connectivity index (χ0) is 12.2. The number of halogens is 2. The first-order valence-electron chi connectivity index (χ1n) is 5.08. The molecule has 0 aliphatic heterocycles. The van der Waals surface area contributed by atoms with E-state index in [2.05, 4.69) is 0 Å². The summed E-state index contributed by atoms with van der Waals surface area (Å²) >= 11 is 0. The molecule has 0 fully saturated rings. The molecule has 0 amide bonds. The molecule has 1 unspecified atom stereocenters. The van der Waals surface area contributed by atoms with Crippen LogP contribution in [0.15, 0.2) is 30.3 Å². The molecule has 0 aliphatic rings. The maximum atomic E-state index is 13.5. The molecule has 0 aromatic heterocycles. The number of ketones is 1. The second kappa shape index (κ2) is 5.16. The smallest absolute Gasteiger partial charge is 0.254 e. The summed E-state index contributed by atoms with van der Waals surface area (Å²) in [6.07, 6.45) is -0.980. The molecule has 4 heteroatoms. The molecule has 0 radical (unpaired) electrons. The number of hydrogen-bond acceptors (Lipinski definition) is 2. The minimum Gasteiger partial charge on any atom is -0.321 e. The van der Waals surface area contributed by atoms with Gasteiger partial charge in [-0.25, -0.2) is 8.78 Å². The van der Waals surface area contributed by atoms with Crippen LogP contribution in [0.5, 0.6) is 0 Å². The van der Waals surface area contributed by atoms with Crippen molar-refractivity contribution in [1.29, 1.82) is 0 Å². The maximum Gasteiger partial charge on any atom is 0.254 e. The predicted octanol–water partition coefficient (Wildman–Crippen LogP) is 2.17. The fraction of sp³-hybridized carbons (Fsp3) is 0.417. The highest BCUT2D eigenvalue weighted by Gasteiger charge is 2.32. The van der Waals surface area contributed by atoms with Gasteiger partial charge in [-0.1, -0.05) is 30.3 Å². The molecule has 0 aliphatic carbocycles. The highest BCUT2D eigenvalue weighted by atomic mass is 19.3. The molecular weight excluding hydrogens is 212 g/mol. The lowest BCUT2D eigenvalue weighted by Gasteiger charge is -2.19. The lowest BCUT2D eigenvalue weighted by Crippen LogP contribution is -2.36. The van der Waals surface area contributed by atoms with Crippen molar-refractivity contribution in [1.82, 2.24) is 0 Å². The van der Waals surface area contributed by atoms with Crippen LogP contribution in [0.2, 0.25) is 0 Å². The van der Waals surface area contributed by atoms with Gasteiger partial charge >= 0.3 is 0 Å². The number of hydrogen-bond donors (Lipinski definition) is 1. The first kappa shape index (κ1) is 12.8. The third-order valence-electron chi connectivity index (χ3n) is 2.35. The van der Waals surface area contributed by atoms with Crippen molar-refractivity contribution in [2.75, 3.05) is 0 Å². The molecule has 0 bridgehead atoms. The van der Waals surface area contributed by atoms with Gasteiger partial charge in [-0.15, -0.1) is 0 Å². The van der Waals surface area contributed by atoms with E-state index in [4.69, 9.17) is 5.73 Å². The Labute approximate surface area is 93.5 Å². The summed E-state index contributed by atoms with van der Waals surface area (Å²) in [4.78, 5) is 10.8. The van der Waals surface area contributed by atoms with E-state index in [0.717, 1.165) is 0 Å². The number of benzene rings is 1. The summed E-state index contributed by atoms with van der Waals surface area (Å²) in [5.41, 5.74) is 5.87. The van der Waals surface area contributed by atoms with Crippen LogP contribution < -0.4 is 5.73 Å². The quantitative estimate of drug-likeness (QED) is 0.837. The molecule has 0 heterocycles. The van der Waals surface area contributed by atoms with Crippen LogP contribution in [-0.4, -0.2) is 17.7 Å². The molecule has 16 heavy (non-hydrogen) atoms. The van der Waals surface area contributed by atoms with E-state index < -0.39 is 24.2 Å². The highest BCUT2D eigenvalue weighted by Crippen LogP contribution is 2.25. The van der Waals surface area contributed by atoms with Gasteiger partial charge in [0.1, 0.15) is 5.78 Å². The number of carbonyl (C=O) groups is 1. The van der Waals surface area contributed by atoms with Gasteiger partial charge in [0.2, 0.25) is 0 Å². The number of Topliss-reactive ketones (excluding diaryl/α,β-unsaturated/α-hetero) is 1. The van der Waals surface area contributed by atoms with Crippen molar-refractivity contribution in [2.45, 2.75) is 31.7 Å². The Kier molecular flexibility index (Phi) is 4.12. The van der Waals surface area contributed by atoms with Gasteiger partial charge in [-0.3, -0.25) is 4.79 Å². The van der Waals surface area contributed by atoms with Crippen molar-refractivity contribution in [3.63, 3.8) is 0 Å². The van der Waals surface area contributed by atoms with Crippen LogP contribution in [0.25, 0.3) is 0 Å². The Morgan fingerprint density at radius 3 is 2.44 bits per heavy atom. The summed E-state index contributed by atoms with van der Waals surface area (Å²) in [5.74, 6) is -3.35. The summed E-state index contributed by atoms with van der Waals surface area (Å²) in [6, 6.07) is 7.36. The van der Waals surface area contributed by atoms with Crippen LogP contribution in [0.3, 0.4) is 0 Å². The maximum absolute atomic E-state index is 13.5. The lowest BCUT2D eigenvalue weighted by atomic mass is 9.99. The molecule has 88 valence electrons. The molecule has 1 aromatic carbocycles. The average Bonchev–Trinajstić information content (AvgIpc) is 2.17. The number of rotatable bonds is 5. The molecule has 0 saturated carbocycles. The Morgan fingerprint density at radius 1 is 1.38 bits per heavy atom. The lowest BCUT2D eigenvalue weighted by molar-refractivity contribution is -0.120. The third-order valence-corrected chi connectivity index (χ3v) is 2.35. The molecule has 0 spiro atoms. The minimum absolute atomic E-state index is 0.380. The van der Waals surface area contributed by atoms with Gasteiger partial charge in [0.25, 0.3) is 5.92 Å². The SMILES string of the molecule is CC(=O)C(N)CC(F)(F)Cc1ccccc1. The van der Waals surface area contributed by atoms with Crippen molar-refractivity contribution >= 4 is 5.78 Å². The Hall–Kier alpha value is -1.29. The van der Waals surface area contributed by atoms with Crippen LogP contribution in [0.1, 0.15) is 18.9 Å². The molecule has 2 N–H and O–H groups in total. The zero-order valence-electron chi connectivity index (χ0n) is 9.12. The number of nitrogens with two attached hydrogens (primary N) is 1. The average molecular weight is 227 g/mol.